The van der Waals surface area contributed by atoms with Crippen LogP contribution in [0, 0.1) is 6.92 Å². The molecule has 1 fully saturated rings. The summed E-state index contributed by atoms with van der Waals surface area (Å²) in [5.74, 6) is 1.42. The van der Waals surface area contributed by atoms with Crippen LogP contribution in [0.2, 0.25) is 0 Å². The largest absolute Gasteiger partial charge is 0.341 e. The summed E-state index contributed by atoms with van der Waals surface area (Å²) in [4.78, 5) is 25.3. The van der Waals surface area contributed by atoms with Gasteiger partial charge in [0.05, 0.1) is 0 Å². The molecule has 33 heavy (non-hydrogen) atoms. The predicted octanol–water partition coefficient (Wildman–Crippen LogP) is 6.11. The Bertz CT molecular complexity index is 1230. The second kappa shape index (κ2) is 9.42. The number of aryl methyl sites for hydroxylation is 1. The summed E-state index contributed by atoms with van der Waals surface area (Å²) in [6, 6.07) is 21.3. The second-order valence-electron chi connectivity index (χ2n) is 8.10. The molecule has 0 saturated carbocycles. The van der Waals surface area contributed by atoms with Crippen molar-refractivity contribution in [1.29, 1.82) is 0 Å². The quantitative estimate of drug-likeness (QED) is 0.367. The first kappa shape index (κ1) is 21.2. The summed E-state index contributed by atoms with van der Waals surface area (Å²) in [6.45, 7) is 4.00. The average Bonchev–Trinajstić information content (AvgIpc) is 3.55. The molecule has 6 nitrogen and oxygen atoms in total. The van der Waals surface area contributed by atoms with Crippen molar-refractivity contribution in [2.75, 3.05) is 28.6 Å². The van der Waals surface area contributed by atoms with Crippen LogP contribution in [0.1, 0.15) is 28.9 Å². The maximum Gasteiger partial charge on any atom is 0.255 e. The Morgan fingerprint density at radius 1 is 0.939 bits per heavy atom. The highest BCUT2D eigenvalue weighted by molar-refractivity contribution is 7.13. The van der Waals surface area contributed by atoms with Crippen molar-refractivity contribution in [3.63, 3.8) is 0 Å². The Labute approximate surface area is 197 Å². The van der Waals surface area contributed by atoms with E-state index in [1.165, 1.54) is 17.7 Å². The lowest BCUT2D eigenvalue weighted by atomic mass is 10.1. The highest BCUT2D eigenvalue weighted by Gasteiger charge is 2.16. The predicted molar refractivity (Wildman–Crippen MR) is 136 cm³/mol. The Balaban J connectivity index is 1.23. The minimum absolute atomic E-state index is 0.130. The van der Waals surface area contributed by atoms with E-state index in [-0.39, 0.29) is 5.91 Å². The number of nitrogens with one attached hydrogen (secondary N) is 2. The molecule has 5 rings (SSSR count). The van der Waals surface area contributed by atoms with Gasteiger partial charge in [-0.15, -0.1) is 11.3 Å². The lowest BCUT2D eigenvalue weighted by Gasteiger charge is -2.17. The third kappa shape index (κ3) is 5.04. The van der Waals surface area contributed by atoms with Crippen molar-refractivity contribution in [3.05, 3.63) is 83.4 Å². The van der Waals surface area contributed by atoms with Gasteiger partial charge in [-0.25, -0.2) is 4.98 Å². The van der Waals surface area contributed by atoms with Crippen molar-refractivity contribution in [2.24, 2.45) is 0 Å². The summed E-state index contributed by atoms with van der Waals surface area (Å²) in [7, 11) is 0. The maximum absolute atomic E-state index is 12.6. The van der Waals surface area contributed by atoms with E-state index >= 15 is 0 Å². The lowest BCUT2D eigenvalue weighted by molar-refractivity contribution is 0.102. The summed E-state index contributed by atoms with van der Waals surface area (Å²) in [5, 5.41) is 8.36. The van der Waals surface area contributed by atoms with Crippen molar-refractivity contribution in [1.82, 2.24) is 9.97 Å². The molecular formula is C26H25N5OS. The summed E-state index contributed by atoms with van der Waals surface area (Å²) in [6.07, 6.45) is 2.37. The van der Waals surface area contributed by atoms with Crippen LogP contribution < -0.4 is 15.5 Å². The molecule has 2 aromatic carbocycles. The monoisotopic (exact) mass is 455 g/mol. The van der Waals surface area contributed by atoms with Crippen LogP contribution in [0.3, 0.4) is 0 Å². The molecule has 7 heteroatoms. The lowest BCUT2D eigenvalue weighted by Crippen LogP contribution is -2.21. The minimum Gasteiger partial charge on any atom is -0.341 e. The zero-order valence-corrected chi connectivity index (χ0v) is 19.2. The highest BCUT2D eigenvalue weighted by Crippen LogP contribution is 2.25. The van der Waals surface area contributed by atoms with Crippen LogP contribution in [-0.2, 0) is 0 Å². The van der Waals surface area contributed by atoms with E-state index < -0.39 is 0 Å². The number of nitrogens with zero attached hydrogens (tertiary/aromatic N) is 3. The van der Waals surface area contributed by atoms with Crippen molar-refractivity contribution >= 4 is 40.4 Å². The van der Waals surface area contributed by atoms with Gasteiger partial charge in [-0.05, 0) is 73.2 Å². The fourth-order valence-corrected chi connectivity index (χ4v) is 4.63. The first-order valence-electron chi connectivity index (χ1n) is 11.1. The van der Waals surface area contributed by atoms with Gasteiger partial charge >= 0.3 is 0 Å². The number of amides is 1. The number of rotatable bonds is 6. The molecule has 2 aromatic heterocycles. The SMILES string of the molecule is Cc1cc(Nc2ccc(NC(=O)c3ccc(-c4cccs4)cc3)cc2)nc(N2CCCC2)n1. The van der Waals surface area contributed by atoms with Crippen LogP contribution in [-0.4, -0.2) is 29.0 Å². The molecule has 0 bridgehead atoms. The van der Waals surface area contributed by atoms with E-state index in [0.29, 0.717) is 5.56 Å². The minimum atomic E-state index is -0.130. The third-order valence-corrected chi connectivity index (χ3v) is 6.52. The Morgan fingerprint density at radius 3 is 2.36 bits per heavy atom. The molecule has 1 aliphatic rings. The van der Waals surface area contributed by atoms with E-state index in [0.717, 1.165) is 47.5 Å². The molecule has 1 aliphatic heterocycles. The number of thiophene rings is 1. The van der Waals surface area contributed by atoms with Crippen LogP contribution in [0.15, 0.2) is 72.1 Å². The number of carbonyl (C=O) groups is 1. The van der Waals surface area contributed by atoms with Gasteiger partial charge in [0.15, 0.2) is 0 Å². The number of hydrogen-bond donors (Lipinski definition) is 2. The van der Waals surface area contributed by atoms with Gasteiger partial charge in [-0.1, -0.05) is 18.2 Å². The van der Waals surface area contributed by atoms with Gasteiger partial charge in [0.25, 0.3) is 5.91 Å². The smallest absolute Gasteiger partial charge is 0.255 e. The normalized spacial score (nSPS) is 13.2. The Morgan fingerprint density at radius 2 is 1.67 bits per heavy atom. The summed E-state index contributed by atoms with van der Waals surface area (Å²) in [5.41, 5.74) is 4.32. The van der Waals surface area contributed by atoms with Gasteiger partial charge in [0.1, 0.15) is 5.82 Å². The molecule has 166 valence electrons. The van der Waals surface area contributed by atoms with Gasteiger partial charge < -0.3 is 15.5 Å². The average molecular weight is 456 g/mol. The molecule has 1 saturated heterocycles. The van der Waals surface area contributed by atoms with Gasteiger partial charge in [-0.2, -0.15) is 4.98 Å². The third-order valence-electron chi connectivity index (χ3n) is 5.60. The van der Waals surface area contributed by atoms with Crippen LogP contribution in [0.5, 0.6) is 0 Å². The Kier molecular flexibility index (Phi) is 6.04. The van der Waals surface area contributed by atoms with Crippen LogP contribution >= 0.6 is 11.3 Å². The molecule has 2 N–H and O–H groups in total. The van der Waals surface area contributed by atoms with Crippen molar-refractivity contribution in [2.45, 2.75) is 19.8 Å². The summed E-state index contributed by atoms with van der Waals surface area (Å²) < 4.78 is 0. The van der Waals surface area contributed by atoms with E-state index in [1.54, 1.807) is 11.3 Å². The van der Waals surface area contributed by atoms with Gasteiger partial charge in [0.2, 0.25) is 5.95 Å². The first-order chi connectivity index (χ1) is 16.1. The zero-order chi connectivity index (χ0) is 22.6. The molecule has 1 amide bonds. The fourth-order valence-electron chi connectivity index (χ4n) is 3.89. The van der Waals surface area contributed by atoms with Crippen molar-refractivity contribution in [3.8, 4) is 10.4 Å². The van der Waals surface area contributed by atoms with Crippen LogP contribution in [0.4, 0.5) is 23.1 Å². The molecule has 0 spiro atoms. The maximum atomic E-state index is 12.6. The molecular weight excluding hydrogens is 430 g/mol. The van der Waals surface area contributed by atoms with E-state index in [2.05, 4.69) is 31.6 Å². The molecule has 4 aromatic rings. The van der Waals surface area contributed by atoms with Crippen LogP contribution in [0.25, 0.3) is 10.4 Å². The standard InChI is InChI=1S/C26H25N5OS/c1-18-17-24(30-26(27-18)31-14-2-3-15-31)28-21-10-12-22(13-11-21)29-25(32)20-8-6-19(7-9-20)23-5-4-16-33-23/h4-13,16-17H,2-3,14-15H2,1H3,(H,29,32)(H,27,28,30). The first-order valence-corrected chi connectivity index (χ1v) is 11.9. The zero-order valence-electron chi connectivity index (χ0n) is 18.4. The number of benzene rings is 2. The Hall–Kier alpha value is -3.71. The van der Waals surface area contributed by atoms with E-state index in [4.69, 9.17) is 0 Å². The number of aromatic nitrogens is 2. The van der Waals surface area contributed by atoms with Gasteiger partial charge in [0, 0.05) is 46.7 Å². The van der Waals surface area contributed by atoms with Crippen molar-refractivity contribution < 1.29 is 4.79 Å². The molecule has 0 unspecified atom stereocenters. The number of anilines is 4. The van der Waals surface area contributed by atoms with E-state index in [1.807, 2.05) is 73.0 Å². The number of carbonyl (C=O) groups excluding carboxylic acids is 1. The molecule has 0 atom stereocenters. The second-order valence-corrected chi connectivity index (χ2v) is 9.05. The topological polar surface area (TPSA) is 70.2 Å². The molecule has 0 radical (unpaired) electrons. The molecule has 0 aliphatic carbocycles. The fraction of sp³-hybridized carbons (Fsp3) is 0.192. The van der Waals surface area contributed by atoms with E-state index in [9.17, 15) is 4.79 Å². The van der Waals surface area contributed by atoms with Gasteiger partial charge in [-0.3, -0.25) is 4.79 Å². The summed E-state index contributed by atoms with van der Waals surface area (Å²) >= 11 is 1.69. The molecule has 3 heterocycles. The number of hydrogen-bond acceptors (Lipinski definition) is 6. The highest BCUT2D eigenvalue weighted by atomic mass is 32.1.